The van der Waals surface area contributed by atoms with Gasteiger partial charge in [0.05, 0.1) is 0 Å². The van der Waals surface area contributed by atoms with Crippen molar-refractivity contribution >= 4 is 12.1 Å². The Morgan fingerprint density at radius 1 is 1.38 bits per heavy atom. The van der Waals surface area contributed by atoms with Crippen LogP contribution in [0.2, 0.25) is 0 Å². The molecule has 0 saturated heterocycles. The Bertz CT molecular complexity index is 316. The van der Waals surface area contributed by atoms with Crippen LogP contribution in [0.15, 0.2) is 24.3 Å². The summed E-state index contributed by atoms with van der Waals surface area (Å²) in [4.78, 5) is 21.3. The smallest absolute Gasteiger partial charge is 0.160 e. The zero-order chi connectivity index (χ0) is 9.68. The highest BCUT2D eigenvalue weighted by molar-refractivity contribution is 5.95. The molecule has 0 aliphatic carbocycles. The maximum atomic E-state index is 11.1. The topological polar surface area (TPSA) is 34.1 Å². The summed E-state index contributed by atoms with van der Waals surface area (Å²) >= 11 is 0. The Labute approximate surface area is 77.6 Å². The number of benzene rings is 1. The average Bonchev–Trinajstić information content (AvgIpc) is 2.15. The van der Waals surface area contributed by atoms with Crippen molar-refractivity contribution in [1.29, 1.82) is 0 Å². The summed E-state index contributed by atoms with van der Waals surface area (Å²) in [5.74, 6) is 0.0569. The molecule has 0 aliphatic rings. The quantitative estimate of drug-likeness (QED) is 0.519. The van der Waals surface area contributed by atoms with Crippen molar-refractivity contribution in [2.75, 3.05) is 0 Å². The van der Waals surface area contributed by atoms with Gasteiger partial charge in [0.1, 0.15) is 6.29 Å². The highest BCUT2D eigenvalue weighted by Gasteiger charge is 2.04. The molecule has 68 valence electrons. The van der Waals surface area contributed by atoms with Gasteiger partial charge in [-0.25, -0.2) is 0 Å². The first kappa shape index (κ1) is 9.65. The molecule has 0 spiro atoms. The number of rotatable bonds is 4. The van der Waals surface area contributed by atoms with Crippen molar-refractivity contribution in [1.82, 2.24) is 0 Å². The van der Waals surface area contributed by atoms with Gasteiger partial charge in [0.2, 0.25) is 0 Å². The standard InChI is InChI=1S/C11H12O2/c1-9(13)11-7-3-2-5-10(11)6-4-8-12/h2-3,5,7-8H,4,6H2,1H3. The van der Waals surface area contributed by atoms with E-state index in [2.05, 4.69) is 0 Å². The molecule has 0 aliphatic heterocycles. The van der Waals surface area contributed by atoms with Crippen LogP contribution < -0.4 is 0 Å². The lowest BCUT2D eigenvalue weighted by Gasteiger charge is -2.03. The van der Waals surface area contributed by atoms with Gasteiger partial charge in [0.15, 0.2) is 5.78 Å². The monoisotopic (exact) mass is 176 g/mol. The predicted molar refractivity (Wildman–Crippen MR) is 50.8 cm³/mol. The number of aldehydes is 1. The van der Waals surface area contributed by atoms with Crippen LogP contribution in [0.3, 0.4) is 0 Å². The number of Topliss-reactive ketones (excluding diaryl/α,β-unsaturated/α-hetero) is 1. The Balaban J connectivity index is 2.90. The number of aryl methyl sites for hydroxylation is 1. The minimum atomic E-state index is 0.0569. The van der Waals surface area contributed by atoms with E-state index in [0.717, 1.165) is 17.4 Å². The molecular formula is C11H12O2. The van der Waals surface area contributed by atoms with E-state index in [1.807, 2.05) is 18.2 Å². The third-order valence-electron chi connectivity index (χ3n) is 1.93. The molecule has 0 fully saturated rings. The maximum absolute atomic E-state index is 11.1. The van der Waals surface area contributed by atoms with Gasteiger partial charge in [-0.3, -0.25) is 4.79 Å². The second kappa shape index (κ2) is 4.55. The minimum Gasteiger partial charge on any atom is -0.303 e. The number of hydrogen-bond donors (Lipinski definition) is 0. The highest BCUT2D eigenvalue weighted by atomic mass is 16.1. The fraction of sp³-hybridized carbons (Fsp3) is 0.273. The van der Waals surface area contributed by atoms with E-state index in [9.17, 15) is 9.59 Å². The normalized spacial score (nSPS) is 9.62. The van der Waals surface area contributed by atoms with Crippen molar-refractivity contribution < 1.29 is 9.59 Å². The van der Waals surface area contributed by atoms with Gasteiger partial charge >= 0.3 is 0 Å². The first-order chi connectivity index (χ1) is 6.25. The molecule has 1 rings (SSSR count). The van der Waals surface area contributed by atoms with Crippen LogP contribution in [0.4, 0.5) is 0 Å². The molecule has 0 amide bonds. The van der Waals surface area contributed by atoms with Crippen molar-refractivity contribution in [2.45, 2.75) is 19.8 Å². The van der Waals surface area contributed by atoms with Crippen LogP contribution >= 0.6 is 0 Å². The SMILES string of the molecule is CC(=O)c1ccccc1CCC=O. The molecule has 1 aromatic rings. The predicted octanol–water partition coefficient (Wildman–Crippen LogP) is 2.02. The van der Waals surface area contributed by atoms with E-state index in [0.29, 0.717) is 12.8 Å². The van der Waals surface area contributed by atoms with Gasteiger partial charge in [0, 0.05) is 12.0 Å². The highest BCUT2D eigenvalue weighted by Crippen LogP contribution is 2.10. The Kier molecular flexibility index (Phi) is 3.38. The zero-order valence-electron chi connectivity index (χ0n) is 7.62. The second-order valence-corrected chi connectivity index (χ2v) is 2.92. The van der Waals surface area contributed by atoms with Gasteiger partial charge in [-0.1, -0.05) is 24.3 Å². The largest absolute Gasteiger partial charge is 0.303 e. The van der Waals surface area contributed by atoms with E-state index >= 15 is 0 Å². The Morgan fingerprint density at radius 2 is 2.08 bits per heavy atom. The Morgan fingerprint density at radius 3 is 2.69 bits per heavy atom. The average molecular weight is 176 g/mol. The molecule has 0 radical (unpaired) electrons. The van der Waals surface area contributed by atoms with E-state index in [1.54, 1.807) is 13.0 Å². The Hall–Kier alpha value is -1.44. The third-order valence-corrected chi connectivity index (χ3v) is 1.93. The number of hydrogen-bond acceptors (Lipinski definition) is 2. The first-order valence-electron chi connectivity index (χ1n) is 4.28. The molecule has 0 atom stereocenters. The fourth-order valence-electron chi connectivity index (χ4n) is 1.30. The molecule has 0 bridgehead atoms. The lowest BCUT2D eigenvalue weighted by Crippen LogP contribution is -1.99. The van der Waals surface area contributed by atoms with Crippen LogP contribution in [0.1, 0.15) is 29.3 Å². The van der Waals surface area contributed by atoms with E-state index < -0.39 is 0 Å². The molecule has 1 aromatic carbocycles. The number of carbonyl (C=O) groups is 2. The van der Waals surface area contributed by atoms with Crippen LogP contribution in [-0.4, -0.2) is 12.1 Å². The molecule has 0 unspecified atom stereocenters. The summed E-state index contributed by atoms with van der Waals surface area (Å²) in [5.41, 5.74) is 1.69. The van der Waals surface area contributed by atoms with Crippen molar-refractivity contribution in [3.63, 3.8) is 0 Å². The first-order valence-corrected chi connectivity index (χ1v) is 4.28. The molecule has 0 aromatic heterocycles. The van der Waals surface area contributed by atoms with E-state index in [-0.39, 0.29) is 5.78 Å². The van der Waals surface area contributed by atoms with Crippen LogP contribution in [-0.2, 0) is 11.2 Å². The lowest BCUT2D eigenvalue weighted by molar-refractivity contribution is -0.107. The number of ketones is 1. The van der Waals surface area contributed by atoms with Crippen molar-refractivity contribution in [3.8, 4) is 0 Å². The summed E-state index contributed by atoms with van der Waals surface area (Å²) < 4.78 is 0. The summed E-state index contributed by atoms with van der Waals surface area (Å²) in [6.07, 6.45) is 2.00. The van der Waals surface area contributed by atoms with Gasteiger partial charge in [-0.2, -0.15) is 0 Å². The van der Waals surface area contributed by atoms with Gasteiger partial charge in [0.25, 0.3) is 0 Å². The molecular weight excluding hydrogens is 164 g/mol. The summed E-state index contributed by atoms with van der Waals surface area (Å²) in [6.45, 7) is 1.54. The summed E-state index contributed by atoms with van der Waals surface area (Å²) in [6, 6.07) is 7.40. The van der Waals surface area contributed by atoms with Gasteiger partial charge < -0.3 is 4.79 Å². The van der Waals surface area contributed by atoms with Crippen LogP contribution in [0, 0.1) is 0 Å². The van der Waals surface area contributed by atoms with Crippen LogP contribution in [0.5, 0.6) is 0 Å². The lowest BCUT2D eigenvalue weighted by atomic mass is 10.0. The fourth-order valence-corrected chi connectivity index (χ4v) is 1.30. The molecule has 13 heavy (non-hydrogen) atoms. The van der Waals surface area contributed by atoms with E-state index in [1.165, 1.54) is 0 Å². The maximum Gasteiger partial charge on any atom is 0.160 e. The minimum absolute atomic E-state index is 0.0569. The van der Waals surface area contributed by atoms with Crippen molar-refractivity contribution in [3.05, 3.63) is 35.4 Å². The van der Waals surface area contributed by atoms with Gasteiger partial charge in [-0.15, -0.1) is 0 Å². The molecule has 0 heterocycles. The summed E-state index contributed by atoms with van der Waals surface area (Å²) in [5, 5.41) is 0. The third kappa shape index (κ3) is 2.51. The second-order valence-electron chi connectivity index (χ2n) is 2.92. The number of carbonyl (C=O) groups excluding carboxylic acids is 2. The summed E-state index contributed by atoms with van der Waals surface area (Å²) in [7, 11) is 0. The molecule has 0 saturated carbocycles. The molecule has 2 heteroatoms. The van der Waals surface area contributed by atoms with E-state index in [4.69, 9.17) is 0 Å². The van der Waals surface area contributed by atoms with Crippen LogP contribution in [0.25, 0.3) is 0 Å². The zero-order valence-corrected chi connectivity index (χ0v) is 7.62. The van der Waals surface area contributed by atoms with Gasteiger partial charge in [-0.05, 0) is 18.9 Å². The van der Waals surface area contributed by atoms with Crippen molar-refractivity contribution in [2.24, 2.45) is 0 Å². The molecule has 0 N–H and O–H groups in total. The molecule has 2 nitrogen and oxygen atoms in total.